The Labute approximate surface area is 240 Å². The molecule has 1 atom stereocenters. The Morgan fingerprint density at radius 2 is 1.81 bits per heavy atom. The predicted molar refractivity (Wildman–Crippen MR) is 151 cm³/mol. The van der Waals surface area contributed by atoms with Gasteiger partial charge in [-0.1, -0.05) is 18.9 Å². The van der Waals surface area contributed by atoms with Crippen LogP contribution in [0.5, 0.6) is 0 Å². The number of para-hydroxylation sites is 1. The molecule has 0 bridgehead atoms. The number of aryl methyl sites for hydroxylation is 1. The molecule has 4 aromatic rings. The van der Waals surface area contributed by atoms with Gasteiger partial charge in [-0.2, -0.15) is 5.10 Å². The summed E-state index contributed by atoms with van der Waals surface area (Å²) in [5.41, 5.74) is 3.35. The molecule has 0 spiro atoms. The van der Waals surface area contributed by atoms with E-state index in [0.29, 0.717) is 17.8 Å². The Bertz CT molecular complexity index is 1720. The number of piperidine rings is 1. The third-order valence-electron chi connectivity index (χ3n) is 7.54. The Balaban J connectivity index is 0.949. The van der Waals surface area contributed by atoms with E-state index in [4.69, 9.17) is 0 Å². The maximum Gasteiger partial charge on any atom is 0.262 e. The van der Waals surface area contributed by atoms with Crippen molar-refractivity contribution in [1.29, 1.82) is 0 Å². The number of rotatable bonds is 10. The first-order valence-electron chi connectivity index (χ1n) is 13.9. The Morgan fingerprint density at radius 1 is 0.976 bits per heavy atom. The second kappa shape index (κ2) is 11.5. The van der Waals surface area contributed by atoms with Gasteiger partial charge in [0.2, 0.25) is 11.8 Å². The first kappa shape index (κ1) is 27.2. The fourth-order valence-corrected chi connectivity index (χ4v) is 5.32. The topological polar surface area (TPSA) is 139 Å². The summed E-state index contributed by atoms with van der Waals surface area (Å²) in [5, 5.41) is 9.91. The molecule has 2 aliphatic heterocycles. The normalized spacial score (nSPS) is 16.7. The smallest absolute Gasteiger partial charge is 0.262 e. The number of anilines is 1. The zero-order chi connectivity index (χ0) is 29.2. The molecule has 0 aliphatic carbocycles. The molecule has 2 aliphatic rings. The van der Waals surface area contributed by atoms with Gasteiger partial charge in [0, 0.05) is 37.0 Å². The highest BCUT2D eigenvalue weighted by Gasteiger charge is 2.44. The van der Waals surface area contributed by atoms with Crippen molar-refractivity contribution in [3.05, 3.63) is 71.9 Å². The molecule has 11 nitrogen and oxygen atoms in total. The van der Waals surface area contributed by atoms with Crippen molar-refractivity contribution in [1.82, 2.24) is 30.0 Å². The molecule has 4 amide bonds. The third-order valence-corrected chi connectivity index (χ3v) is 7.54. The van der Waals surface area contributed by atoms with E-state index in [9.17, 15) is 23.6 Å². The van der Waals surface area contributed by atoms with Crippen molar-refractivity contribution in [2.75, 3.05) is 11.9 Å². The van der Waals surface area contributed by atoms with Gasteiger partial charge in [-0.3, -0.25) is 39.1 Å². The maximum absolute atomic E-state index is 14.1. The van der Waals surface area contributed by atoms with Crippen LogP contribution >= 0.6 is 0 Å². The minimum atomic E-state index is -0.975. The van der Waals surface area contributed by atoms with Crippen LogP contribution in [-0.2, 0) is 16.1 Å². The van der Waals surface area contributed by atoms with Crippen molar-refractivity contribution < 1.29 is 23.6 Å². The number of benzene rings is 2. The molecule has 214 valence electrons. The van der Waals surface area contributed by atoms with Crippen molar-refractivity contribution in [3.8, 4) is 11.3 Å². The lowest BCUT2D eigenvalue weighted by molar-refractivity contribution is -0.136. The zero-order valence-corrected chi connectivity index (χ0v) is 22.7. The lowest BCUT2D eigenvalue weighted by Gasteiger charge is -2.27. The van der Waals surface area contributed by atoms with Crippen molar-refractivity contribution >= 4 is 40.3 Å². The van der Waals surface area contributed by atoms with Crippen molar-refractivity contribution in [2.45, 2.75) is 51.1 Å². The number of unbranched alkanes of at least 4 members (excludes halogenated alkanes) is 3. The number of nitrogens with one attached hydrogen (secondary N) is 2. The second-order valence-electron chi connectivity index (χ2n) is 10.4. The average molecular weight is 570 g/mol. The minimum Gasteiger partial charge on any atom is -0.385 e. The van der Waals surface area contributed by atoms with Gasteiger partial charge in [0.1, 0.15) is 11.6 Å². The summed E-state index contributed by atoms with van der Waals surface area (Å²) >= 11 is 0. The number of nitrogens with zero attached hydrogens (tertiary/aromatic N) is 5. The number of fused-ring (bicyclic) bond motifs is 2. The van der Waals surface area contributed by atoms with Gasteiger partial charge in [-0.25, -0.2) is 9.37 Å². The Hall–Kier alpha value is -5.00. The minimum absolute atomic E-state index is 0.0857. The van der Waals surface area contributed by atoms with Crippen LogP contribution in [0.25, 0.3) is 22.3 Å². The van der Waals surface area contributed by atoms with Crippen LogP contribution in [0.4, 0.5) is 10.1 Å². The highest BCUT2D eigenvalue weighted by molar-refractivity contribution is 6.23. The first-order valence-corrected chi connectivity index (χ1v) is 13.9. The highest BCUT2D eigenvalue weighted by atomic mass is 19.1. The largest absolute Gasteiger partial charge is 0.385 e. The number of aromatic nitrogens is 4. The number of hydrogen-bond acceptors (Lipinski definition) is 8. The quantitative estimate of drug-likeness (QED) is 0.218. The lowest BCUT2D eigenvalue weighted by atomic mass is 10.0. The van der Waals surface area contributed by atoms with E-state index in [2.05, 4.69) is 25.7 Å². The molecule has 2 aromatic carbocycles. The molecule has 1 fully saturated rings. The van der Waals surface area contributed by atoms with E-state index in [1.165, 1.54) is 6.07 Å². The fourth-order valence-electron chi connectivity index (χ4n) is 5.32. The summed E-state index contributed by atoms with van der Waals surface area (Å²) in [4.78, 5) is 59.2. The molecule has 1 saturated heterocycles. The second-order valence-corrected chi connectivity index (χ2v) is 10.4. The molecule has 2 aromatic heterocycles. The predicted octanol–water partition coefficient (Wildman–Crippen LogP) is 3.71. The number of imide groups is 2. The summed E-state index contributed by atoms with van der Waals surface area (Å²) in [7, 11) is 0. The van der Waals surface area contributed by atoms with E-state index in [0.717, 1.165) is 48.4 Å². The summed E-state index contributed by atoms with van der Waals surface area (Å²) in [5.74, 6) is -2.46. The van der Waals surface area contributed by atoms with Crippen LogP contribution in [0.1, 0.15) is 59.2 Å². The van der Waals surface area contributed by atoms with E-state index < -0.39 is 35.5 Å². The van der Waals surface area contributed by atoms with Gasteiger partial charge in [0.25, 0.3) is 11.8 Å². The number of amides is 4. The zero-order valence-electron chi connectivity index (χ0n) is 22.7. The maximum atomic E-state index is 14.1. The summed E-state index contributed by atoms with van der Waals surface area (Å²) in [6.07, 6.45) is 9.27. The lowest BCUT2D eigenvalue weighted by Crippen LogP contribution is -2.54. The van der Waals surface area contributed by atoms with E-state index in [1.54, 1.807) is 42.7 Å². The summed E-state index contributed by atoms with van der Waals surface area (Å²) < 4.78 is 15.9. The summed E-state index contributed by atoms with van der Waals surface area (Å²) in [6, 6.07) is 8.72. The molecule has 2 N–H and O–H groups in total. The molecule has 42 heavy (non-hydrogen) atoms. The number of carbonyl (C=O) groups excluding carboxylic acids is 4. The van der Waals surface area contributed by atoms with Crippen LogP contribution in [0, 0.1) is 5.82 Å². The summed E-state index contributed by atoms with van der Waals surface area (Å²) in [6.45, 7) is 1.44. The van der Waals surface area contributed by atoms with Gasteiger partial charge in [0.15, 0.2) is 5.82 Å². The Kier molecular flexibility index (Phi) is 7.43. The molecule has 1 unspecified atom stereocenters. The van der Waals surface area contributed by atoms with Crippen LogP contribution in [0.15, 0.2) is 55.0 Å². The van der Waals surface area contributed by atoms with E-state index in [-0.39, 0.29) is 29.5 Å². The number of halogens is 1. The van der Waals surface area contributed by atoms with Crippen LogP contribution in [-0.4, -0.2) is 60.9 Å². The monoisotopic (exact) mass is 569 g/mol. The molecular weight excluding hydrogens is 541 g/mol. The number of carbonyl (C=O) groups is 4. The average Bonchev–Trinajstić information content (AvgIpc) is 3.55. The van der Waals surface area contributed by atoms with Crippen LogP contribution in [0.3, 0.4) is 0 Å². The molecule has 0 radical (unpaired) electrons. The molecule has 12 heteroatoms. The third kappa shape index (κ3) is 5.35. The van der Waals surface area contributed by atoms with Crippen LogP contribution in [0.2, 0.25) is 0 Å². The first-order chi connectivity index (χ1) is 20.4. The van der Waals surface area contributed by atoms with E-state index >= 15 is 0 Å². The van der Waals surface area contributed by atoms with Crippen molar-refractivity contribution in [3.63, 3.8) is 0 Å². The Morgan fingerprint density at radius 3 is 2.67 bits per heavy atom. The SMILES string of the molecule is O=C1CCC(N2C(=O)c3ccc(NCCCCCCn4cc(-c5cnc6cccc(F)c6n5)cn4)cc3C2=O)C(=O)N1. The van der Waals surface area contributed by atoms with Gasteiger partial charge >= 0.3 is 0 Å². The molecule has 0 saturated carbocycles. The standard InChI is InChI=1S/C30H28FN7O4/c31-22-6-5-7-23-27(22)35-24(16-33-23)18-15-34-37(17-18)13-4-2-1-3-12-32-19-8-9-20-21(14-19)30(42)38(29(20)41)25-10-11-26(39)36-28(25)40/h5-9,14-17,25,32H,1-4,10-13H2,(H,36,39,40). The van der Waals surface area contributed by atoms with Gasteiger partial charge < -0.3 is 5.32 Å². The molecule has 4 heterocycles. The van der Waals surface area contributed by atoms with Gasteiger partial charge in [-0.05, 0) is 49.6 Å². The fraction of sp³-hybridized carbons (Fsp3) is 0.300. The van der Waals surface area contributed by atoms with Crippen LogP contribution < -0.4 is 10.6 Å². The molecular formula is C30H28FN7O4. The van der Waals surface area contributed by atoms with Gasteiger partial charge in [0.05, 0.1) is 34.7 Å². The number of hydrogen-bond donors (Lipinski definition) is 2. The van der Waals surface area contributed by atoms with Gasteiger partial charge in [-0.15, -0.1) is 0 Å². The van der Waals surface area contributed by atoms with Crippen molar-refractivity contribution in [2.24, 2.45) is 0 Å². The molecule has 6 rings (SSSR count). The highest BCUT2D eigenvalue weighted by Crippen LogP contribution is 2.29. The van der Waals surface area contributed by atoms with E-state index in [1.807, 2.05) is 10.9 Å².